The SMILES string of the molecule is CN=C(NCc1ccc(NC(=O)c2ccco2)cc1)NC1CCN(c2ccccc2)C1.I. The first-order valence-electron chi connectivity index (χ1n) is 10.4. The van der Waals surface area contributed by atoms with E-state index in [2.05, 4.69) is 50.1 Å². The molecule has 2 aromatic carbocycles. The second kappa shape index (κ2) is 11.6. The van der Waals surface area contributed by atoms with E-state index in [9.17, 15) is 4.79 Å². The van der Waals surface area contributed by atoms with Crippen molar-refractivity contribution in [1.82, 2.24) is 10.6 Å². The Kier molecular flexibility index (Phi) is 8.55. The van der Waals surface area contributed by atoms with Crippen LogP contribution in [0.3, 0.4) is 0 Å². The van der Waals surface area contributed by atoms with E-state index in [1.54, 1.807) is 19.2 Å². The van der Waals surface area contributed by atoms with Crippen molar-refractivity contribution in [2.24, 2.45) is 4.99 Å². The zero-order valence-corrected chi connectivity index (χ0v) is 20.3. The van der Waals surface area contributed by atoms with E-state index in [1.807, 2.05) is 30.3 Å². The van der Waals surface area contributed by atoms with Gasteiger partial charge in [0.2, 0.25) is 0 Å². The number of carbonyl (C=O) groups is 1. The quantitative estimate of drug-likeness (QED) is 0.247. The van der Waals surface area contributed by atoms with Gasteiger partial charge in [0.05, 0.1) is 6.26 Å². The third kappa shape index (κ3) is 6.25. The summed E-state index contributed by atoms with van der Waals surface area (Å²) in [5, 5.41) is 9.71. The van der Waals surface area contributed by atoms with Gasteiger partial charge in [0, 0.05) is 44.1 Å². The molecule has 1 fully saturated rings. The van der Waals surface area contributed by atoms with E-state index in [0.717, 1.165) is 36.7 Å². The van der Waals surface area contributed by atoms with Crippen molar-refractivity contribution in [3.8, 4) is 0 Å². The minimum Gasteiger partial charge on any atom is -0.459 e. The van der Waals surface area contributed by atoms with Gasteiger partial charge in [0.25, 0.3) is 5.91 Å². The summed E-state index contributed by atoms with van der Waals surface area (Å²) in [6.07, 6.45) is 2.55. The average Bonchev–Trinajstić information content (AvgIpc) is 3.51. The third-order valence-corrected chi connectivity index (χ3v) is 5.29. The average molecular weight is 545 g/mol. The molecule has 1 atom stereocenters. The van der Waals surface area contributed by atoms with Gasteiger partial charge < -0.3 is 25.3 Å². The van der Waals surface area contributed by atoms with Crippen LogP contribution in [-0.2, 0) is 6.54 Å². The maximum absolute atomic E-state index is 12.0. The summed E-state index contributed by atoms with van der Waals surface area (Å²) >= 11 is 0. The number of furan rings is 1. The fourth-order valence-corrected chi connectivity index (χ4v) is 3.63. The lowest BCUT2D eigenvalue weighted by molar-refractivity contribution is 0.0996. The smallest absolute Gasteiger partial charge is 0.291 e. The molecule has 0 spiro atoms. The van der Waals surface area contributed by atoms with E-state index in [-0.39, 0.29) is 29.9 Å². The molecule has 7 nitrogen and oxygen atoms in total. The molecule has 168 valence electrons. The number of anilines is 2. The van der Waals surface area contributed by atoms with Gasteiger partial charge in [-0.25, -0.2) is 0 Å². The van der Waals surface area contributed by atoms with Crippen molar-refractivity contribution < 1.29 is 9.21 Å². The van der Waals surface area contributed by atoms with Crippen molar-refractivity contribution in [3.63, 3.8) is 0 Å². The Morgan fingerprint density at radius 2 is 1.88 bits per heavy atom. The highest BCUT2D eigenvalue weighted by molar-refractivity contribution is 14.0. The summed E-state index contributed by atoms with van der Waals surface area (Å²) in [5.74, 6) is 0.815. The molecule has 3 aromatic rings. The highest BCUT2D eigenvalue weighted by atomic mass is 127. The lowest BCUT2D eigenvalue weighted by atomic mass is 10.2. The molecule has 2 heterocycles. The Morgan fingerprint density at radius 3 is 2.56 bits per heavy atom. The normalized spacial score (nSPS) is 15.7. The number of guanidine groups is 1. The van der Waals surface area contributed by atoms with Gasteiger partial charge in [-0.15, -0.1) is 24.0 Å². The monoisotopic (exact) mass is 545 g/mol. The Balaban J connectivity index is 0.00000289. The zero-order valence-electron chi connectivity index (χ0n) is 18.0. The van der Waals surface area contributed by atoms with Crippen molar-refractivity contribution >= 4 is 47.2 Å². The predicted octanol–water partition coefficient (Wildman–Crippen LogP) is 4.09. The Morgan fingerprint density at radius 1 is 1.09 bits per heavy atom. The van der Waals surface area contributed by atoms with Crippen molar-refractivity contribution in [1.29, 1.82) is 0 Å². The highest BCUT2D eigenvalue weighted by Gasteiger charge is 2.23. The molecule has 1 aromatic heterocycles. The number of carbonyl (C=O) groups excluding carboxylic acids is 1. The third-order valence-electron chi connectivity index (χ3n) is 5.29. The van der Waals surface area contributed by atoms with Gasteiger partial charge in [0.1, 0.15) is 0 Å². The lowest BCUT2D eigenvalue weighted by Gasteiger charge is -2.20. The molecule has 3 N–H and O–H groups in total. The van der Waals surface area contributed by atoms with Crippen LogP contribution < -0.4 is 20.9 Å². The Hall–Kier alpha value is -3.01. The molecule has 32 heavy (non-hydrogen) atoms. The Bertz CT molecular complexity index is 1010. The van der Waals surface area contributed by atoms with Gasteiger partial charge in [-0.1, -0.05) is 30.3 Å². The molecule has 1 aliphatic heterocycles. The molecule has 4 rings (SSSR count). The lowest BCUT2D eigenvalue weighted by Crippen LogP contribution is -2.44. The van der Waals surface area contributed by atoms with E-state index in [4.69, 9.17) is 4.42 Å². The fraction of sp³-hybridized carbons (Fsp3) is 0.250. The number of aliphatic imine (C=N–C) groups is 1. The Labute approximate surface area is 205 Å². The number of para-hydroxylation sites is 1. The summed E-state index contributed by atoms with van der Waals surface area (Å²) < 4.78 is 5.11. The van der Waals surface area contributed by atoms with Crippen LogP contribution in [0.5, 0.6) is 0 Å². The second-order valence-corrected chi connectivity index (χ2v) is 7.47. The van der Waals surface area contributed by atoms with Crippen LogP contribution in [0.1, 0.15) is 22.5 Å². The van der Waals surface area contributed by atoms with Crippen LogP contribution in [0.2, 0.25) is 0 Å². The van der Waals surface area contributed by atoms with Gasteiger partial charge >= 0.3 is 0 Å². The number of benzene rings is 2. The first-order chi connectivity index (χ1) is 15.2. The van der Waals surface area contributed by atoms with Gasteiger partial charge in [0.15, 0.2) is 11.7 Å². The van der Waals surface area contributed by atoms with E-state index in [1.165, 1.54) is 12.0 Å². The first-order valence-corrected chi connectivity index (χ1v) is 10.4. The van der Waals surface area contributed by atoms with Crippen LogP contribution in [-0.4, -0.2) is 38.0 Å². The van der Waals surface area contributed by atoms with Gasteiger partial charge in [-0.05, 0) is 48.4 Å². The van der Waals surface area contributed by atoms with Gasteiger partial charge in [-0.3, -0.25) is 9.79 Å². The standard InChI is InChI=1S/C24H27N5O2.HI/c1-25-24(28-20-13-14-29(17-20)21-6-3-2-4-7-21)26-16-18-9-11-19(12-10-18)27-23(30)22-8-5-15-31-22;/h2-12,15,20H,13-14,16-17H2,1H3,(H,27,30)(H2,25,26,28);1H. The van der Waals surface area contributed by atoms with Crippen molar-refractivity contribution in [2.75, 3.05) is 30.4 Å². The largest absolute Gasteiger partial charge is 0.459 e. The van der Waals surface area contributed by atoms with E-state index < -0.39 is 0 Å². The number of nitrogens with one attached hydrogen (secondary N) is 3. The number of amides is 1. The zero-order chi connectivity index (χ0) is 21.5. The summed E-state index contributed by atoms with van der Waals surface area (Å²) in [6, 6.07) is 21.9. The summed E-state index contributed by atoms with van der Waals surface area (Å²) in [4.78, 5) is 18.8. The topological polar surface area (TPSA) is 81.9 Å². The molecule has 0 saturated carbocycles. The molecule has 1 saturated heterocycles. The maximum atomic E-state index is 12.0. The first kappa shape index (κ1) is 23.6. The number of hydrogen-bond acceptors (Lipinski definition) is 4. The number of nitrogens with zero attached hydrogens (tertiary/aromatic N) is 2. The molecule has 8 heteroatoms. The molecule has 0 aliphatic carbocycles. The summed E-state index contributed by atoms with van der Waals surface area (Å²) in [7, 11) is 1.78. The molecule has 1 aliphatic rings. The minimum atomic E-state index is -0.262. The predicted molar refractivity (Wildman–Crippen MR) is 139 cm³/mol. The molecular weight excluding hydrogens is 517 g/mol. The molecule has 1 unspecified atom stereocenters. The summed E-state index contributed by atoms with van der Waals surface area (Å²) in [5.41, 5.74) is 3.07. The van der Waals surface area contributed by atoms with Crippen molar-refractivity contribution in [2.45, 2.75) is 19.0 Å². The van der Waals surface area contributed by atoms with Crippen molar-refractivity contribution in [3.05, 3.63) is 84.3 Å². The van der Waals surface area contributed by atoms with Crippen LogP contribution >= 0.6 is 24.0 Å². The molecule has 1 amide bonds. The maximum Gasteiger partial charge on any atom is 0.291 e. The molecule has 0 bridgehead atoms. The molecule has 0 radical (unpaired) electrons. The van der Waals surface area contributed by atoms with E-state index >= 15 is 0 Å². The number of hydrogen-bond donors (Lipinski definition) is 3. The van der Waals surface area contributed by atoms with Gasteiger partial charge in [-0.2, -0.15) is 0 Å². The van der Waals surface area contributed by atoms with Crippen LogP contribution in [0.4, 0.5) is 11.4 Å². The van der Waals surface area contributed by atoms with E-state index in [0.29, 0.717) is 18.3 Å². The highest BCUT2D eigenvalue weighted by Crippen LogP contribution is 2.19. The van der Waals surface area contributed by atoms with Crippen LogP contribution in [0, 0.1) is 0 Å². The second-order valence-electron chi connectivity index (χ2n) is 7.47. The van der Waals surface area contributed by atoms with Crippen LogP contribution in [0.15, 0.2) is 82.4 Å². The minimum absolute atomic E-state index is 0. The van der Waals surface area contributed by atoms with Crippen LogP contribution in [0.25, 0.3) is 0 Å². The number of rotatable bonds is 6. The fourth-order valence-electron chi connectivity index (χ4n) is 3.63. The number of halogens is 1. The molecular formula is C24H28IN5O2. The summed E-state index contributed by atoms with van der Waals surface area (Å²) in [6.45, 7) is 2.62.